The molecule has 1 aliphatic carbocycles. The van der Waals surface area contributed by atoms with Crippen molar-refractivity contribution in [3.63, 3.8) is 0 Å². The summed E-state index contributed by atoms with van der Waals surface area (Å²) in [5.41, 5.74) is 2.26. The van der Waals surface area contributed by atoms with Crippen LogP contribution < -0.4 is 4.74 Å². The van der Waals surface area contributed by atoms with Crippen LogP contribution in [0.15, 0.2) is 89.6 Å². The molecule has 1 saturated heterocycles. The van der Waals surface area contributed by atoms with Gasteiger partial charge in [0.25, 0.3) is 0 Å². The number of pyridine rings is 1. The number of aromatic nitrogens is 3. The Bertz CT molecular complexity index is 1680. The van der Waals surface area contributed by atoms with E-state index < -0.39 is 15.4 Å². The van der Waals surface area contributed by atoms with Crippen molar-refractivity contribution < 1.29 is 22.3 Å². The molecule has 3 heterocycles. The first-order valence-electron chi connectivity index (χ1n) is 12.5. The van der Waals surface area contributed by atoms with Gasteiger partial charge in [-0.25, -0.2) is 17.5 Å². The van der Waals surface area contributed by atoms with Gasteiger partial charge >= 0.3 is 0 Å². The van der Waals surface area contributed by atoms with Crippen molar-refractivity contribution in [1.29, 1.82) is 0 Å². The smallest absolute Gasteiger partial charge is 0.243 e. The second kappa shape index (κ2) is 9.55. The van der Waals surface area contributed by atoms with E-state index in [1.807, 2.05) is 6.08 Å². The third kappa shape index (κ3) is 4.25. The highest BCUT2D eigenvalue weighted by Gasteiger charge is 2.51. The molecule has 6 rings (SSSR count). The van der Waals surface area contributed by atoms with Gasteiger partial charge in [0, 0.05) is 19.3 Å². The molecule has 1 fully saturated rings. The Balaban J connectivity index is 1.43. The van der Waals surface area contributed by atoms with Gasteiger partial charge in [-0.3, -0.25) is 9.78 Å². The van der Waals surface area contributed by atoms with Gasteiger partial charge in [-0.1, -0.05) is 11.6 Å². The summed E-state index contributed by atoms with van der Waals surface area (Å²) in [5, 5.41) is 4.53. The van der Waals surface area contributed by atoms with Crippen LogP contribution in [-0.4, -0.2) is 53.5 Å². The van der Waals surface area contributed by atoms with Crippen molar-refractivity contribution in [2.45, 2.75) is 17.7 Å². The summed E-state index contributed by atoms with van der Waals surface area (Å²) < 4.78 is 49.3. The zero-order chi connectivity index (χ0) is 27.2. The van der Waals surface area contributed by atoms with Gasteiger partial charge < -0.3 is 4.74 Å². The predicted molar refractivity (Wildman–Crippen MR) is 143 cm³/mol. The highest BCUT2D eigenvalue weighted by atomic mass is 32.2. The van der Waals surface area contributed by atoms with Crippen LogP contribution >= 0.6 is 0 Å². The van der Waals surface area contributed by atoms with Crippen LogP contribution in [-0.2, 0) is 16.4 Å². The van der Waals surface area contributed by atoms with Crippen LogP contribution in [0.2, 0.25) is 0 Å². The quantitative estimate of drug-likeness (QED) is 0.336. The molecule has 1 atom stereocenters. The van der Waals surface area contributed by atoms with E-state index in [4.69, 9.17) is 4.74 Å². The van der Waals surface area contributed by atoms with Gasteiger partial charge in [-0.2, -0.15) is 9.40 Å². The number of halogens is 1. The minimum atomic E-state index is -3.89. The largest absolute Gasteiger partial charge is 0.497 e. The fourth-order valence-electron chi connectivity index (χ4n) is 5.45. The molecule has 2 aromatic carbocycles. The summed E-state index contributed by atoms with van der Waals surface area (Å²) in [6.07, 6.45) is 5.81. The average Bonchev–Trinajstić information content (AvgIpc) is 3.38. The standard InChI is InChI=1S/C29H25FN4O4S/c1-38-24-9-11-25(12-10-24)39(36,37)33-15-13-21-16-27-20(18-32-34(27)23-7-5-22(30)6-8-23)17-29(21,19-33)28(35)26-4-2-3-14-31-26/h2-12,14,16,18H,13,15,17,19H2,1H3. The Morgan fingerprint density at radius 3 is 2.51 bits per heavy atom. The van der Waals surface area contributed by atoms with Crippen LogP contribution in [0.25, 0.3) is 11.8 Å². The predicted octanol–water partition coefficient (Wildman–Crippen LogP) is 4.32. The molecule has 0 N–H and O–H groups in total. The van der Waals surface area contributed by atoms with Crippen molar-refractivity contribution in [2.24, 2.45) is 5.41 Å². The van der Waals surface area contributed by atoms with E-state index in [9.17, 15) is 17.6 Å². The Morgan fingerprint density at radius 2 is 1.82 bits per heavy atom. The van der Waals surface area contributed by atoms with E-state index in [2.05, 4.69) is 10.1 Å². The number of carbonyl (C=O) groups is 1. The fraction of sp³-hybridized carbons (Fsp3) is 0.207. The van der Waals surface area contributed by atoms with Gasteiger partial charge in [0.15, 0.2) is 5.78 Å². The van der Waals surface area contributed by atoms with Gasteiger partial charge in [0.1, 0.15) is 17.3 Å². The molecule has 0 bridgehead atoms. The lowest BCUT2D eigenvalue weighted by Crippen LogP contribution is -2.53. The van der Waals surface area contributed by atoms with E-state index in [0.29, 0.717) is 17.9 Å². The minimum absolute atomic E-state index is 0.0240. The molecule has 39 heavy (non-hydrogen) atoms. The van der Waals surface area contributed by atoms with E-state index in [1.54, 1.807) is 59.5 Å². The van der Waals surface area contributed by atoms with Crippen LogP contribution in [0.5, 0.6) is 5.75 Å². The Kier molecular flexibility index (Phi) is 6.16. The number of fused-ring (bicyclic) bond motifs is 2. The summed E-state index contributed by atoms with van der Waals surface area (Å²) in [5.74, 6) is -0.0229. The number of hydrogen-bond donors (Lipinski definition) is 0. The summed E-state index contributed by atoms with van der Waals surface area (Å²) in [6.45, 7) is 0.196. The Labute approximate surface area is 225 Å². The monoisotopic (exact) mass is 544 g/mol. The van der Waals surface area contributed by atoms with Crippen molar-refractivity contribution >= 4 is 21.9 Å². The van der Waals surface area contributed by atoms with E-state index in [0.717, 1.165) is 16.8 Å². The molecule has 1 unspecified atom stereocenters. The zero-order valence-electron chi connectivity index (χ0n) is 21.1. The summed E-state index contributed by atoms with van der Waals surface area (Å²) >= 11 is 0. The Hall–Kier alpha value is -4.15. The maximum absolute atomic E-state index is 14.2. The van der Waals surface area contributed by atoms with Crippen LogP contribution in [0.3, 0.4) is 0 Å². The van der Waals surface area contributed by atoms with E-state index >= 15 is 0 Å². The lowest BCUT2D eigenvalue weighted by Gasteiger charge is -2.44. The molecule has 0 amide bonds. The Morgan fingerprint density at radius 1 is 1.05 bits per heavy atom. The van der Waals surface area contributed by atoms with Crippen molar-refractivity contribution in [2.75, 3.05) is 20.2 Å². The number of Topliss-reactive ketones (excluding diaryl/α,β-unsaturated/α-hetero) is 1. The number of nitrogens with zero attached hydrogens (tertiary/aromatic N) is 4. The molecule has 8 nitrogen and oxygen atoms in total. The van der Waals surface area contributed by atoms with Gasteiger partial charge in [-0.15, -0.1) is 0 Å². The molecule has 2 aromatic heterocycles. The molecule has 10 heteroatoms. The SMILES string of the molecule is COc1ccc(S(=O)(=O)N2CCC3=Cc4c(cnn4-c4ccc(F)cc4)CC3(C(=O)c3ccccn3)C2)cc1. The minimum Gasteiger partial charge on any atom is -0.497 e. The molecule has 0 radical (unpaired) electrons. The van der Waals surface area contributed by atoms with Crippen molar-refractivity contribution in [3.8, 4) is 11.4 Å². The number of carbonyl (C=O) groups excluding carboxylic acids is 1. The summed E-state index contributed by atoms with van der Waals surface area (Å²) in [4.78, 5) is 18.6. The highest BCUT2D eigenvalue weighted by molar-refractivity contribution is 7.89. The summed E-state index contributed by atoms with van der Waals surface area (Å²) in [7, 11) is -2.37. The molecule has 1 aliphatic heterocycles. The zero-order valence-corrected chi connectivity index (χ0v) is 21.9. The number of ether oxygens (including phenoxy) is 1. The van der Waals surface area contributed by atoms with Crippen LogP contribution in [0.1, 0.15) is 28.2 Å². The maximum atomic E-state index is 14.2. The van der Waals surface area contributed by atoms with E-state index in [1.165, 1.54) is 35.7 Å². The molecule has 2 aliphatic rings. The maximum Gasteiger partial charge on any atom is 0.243 e. The van der Waals surface area contributed by atoms with E-state index in [-0.39, 0.29) is 41.7 Å². The van der Waals surface area contributed by atoms with Crippen molar-refractivity contribution in [3.05, 3.63) is 107 Å². The number of ketones is 1. The highest BCUT2D eigenvalue weighted by Crippen LogP contribution is 2.47. The average molecular weight is 545 g/mol. The number of methoxy groups -OCH3 is 1. The lowest BCUT2D eigenvalue weighted by molar-refractivity contribution is 0.0770. The first kappa shape index (κ1) is 25.1. The molecule has 0 spiro atoms. The molecule has 4 aromatic rings. The van der Waals surface area contributed by atoms with Crippen LogP contribution in [0, 0.1) is 11.2 Å². The number of benzene rings is 2. The number of piperidine rings is 1. The normalized spacial score (nSPS) is 19.1. The molecule has 0 saturated carbocycles. The first-order valence-corrected chi connectivity index (χ1v) is 13.9. The van der Waals surface area contributed by atoms with Gasteiger partial charge in [0.2, 0.25) is 10.0 Å². The molecule has 198 valence electrons. The third-order valence-electron chi connectivity index (χ3n) is 7.48. The van der Waals surface area contributed by atoms with Gasteiger partial charge in [0.05, 0.1) is 35.0 Å². The second-order valence-corrected chi connectivity index (χ2v) is 11.6. The number of sulfonamides is 1. The fourth-order valence-corrected chi connectivity index (χ4v) is 6.95. The number of rotatable bonds is 6. The van der Waals surface area contributed by atoms with Crippen LogP contribution in [0.4, 0.5) is 4.39 Å². The lowest BCUT2D eigenvalue weighted by atomic mass is 9.65. The molecular formula is C29H25FN4O4S. The second-order valence-electron chi connectivity index (χ2n) is 9.68. The summed E-state index contributed by atoms with van der Waals surface area (Å²) in [6, 6.07) is 17.4. The van der Waals surface area contributed by atoms with Crippen molar-refractivity contribution in [1.82, 2.24) is 19.1 Å². The topological polar surface area (TPSA) is 94.4 Å². The third-order valence-corrected chi connectivity index (χ3v) is 9.34. The number of hydrogen-bond acceptors (Lipinski definition) is 6. The van der Waals surface area contributed by atoms with Gasteiger partial charge in [-0.05, 0) is 85.1 Å². The molecular weight excluding hydrogens is 519 g/mol. The first-order chi connectivity index (χ1) is 18.8.